The highest BCUT2D eigenvalue weighted by Gasteiger charge is 2.24. The van der Waals surface area contributed by atoms with Gasteiger partial charge in [0.05, 0.1) is 0 Å². The van der Waals surface area contributed by atoms with Crippen molar-refractivity contribution in [2.24, 2.45) is 5.73 Å². The van der Waals surface area contributed by atoms with E-state index in [4.69, 9.17) is 5.73 Å². The number of likely N-dealkylation sites (tertiary alicyclic amines) is 1. The number of hydrogen-bond donors (Lipinski definition) is 1. The average molecular weight is 246 g/mol. The zero-order valence-corrected chi connectivity index (χ0v) is 11.1. The summed E-state index contributed by atoms with van der Waals surface area (Å²) in [6, 6.07) is 8.01. The minimum atomic E-state index is 0.132. The van der Waals surface area contributed by atoms with Crippen LogP contribution in [0.3, 0.4) is 0 Å². The largest absolute Gasteiger partial charge is 0.334 e. The molecule has 2 N–H and O–H groups in total. The molecule has 0 aromatic heterocycles. The first-order chi connectivity index (χ1) is 8.72. The third kappa shape index (κ3) is 2.91. The van der Waals surface area contributed by atoms with E-state index in [9.17, 15) is 4.79 Å². The van der Waals surface area contributed by atoms with Gasteiger partial charge < -0.3 is 10.6 Å². The summed E-state index contributed by atoms with van der Waals surface area (Å²) in [5, 5.41) is 0. The van der Waals surface area contributed by atoms with E-state index < -0.39 is 0 Å². The van der Waals surface area contributed by atoms with Gasteiger partial charge in [0.15, 0.2) is 0 Å². The number of nitrogens with two attached hydrogens (primary N) is 1. The Morgan fingerprint density at radius 2 is 2.00 bits per heavy atom. The maximum atomic E-state index is 12.5. The van der Waals surface area contributed by atoms with Crippen molar-refractivity contribution in [2.75, 3.05) is 13.1 Å². The van der Waals surface area contributed by atoms with E-state index >= 15 is 0 Å². The first-order valence-corrected chi connectivity index (χ1v) is 6.80. The molecule has 0 spiro atoms. The monoisotopic (exact) mass is 246 g/mol. The number of amides is 1. The molecule has 18 heavy (non-hydrogen) atoms. The van der Waals surface area contributed by atoms with Gasteiger partial charge in [0.25, 0.3) is 5.91 Å². The molecule has 1 aliphatic rings. The van der Waals surface area contributed by atoms with E-state index in [1.165, 1.54) is 18.4 Å². The molecular formula is C15H22N2O. The van der Waals surface area contributed by atoms with Gasteiger partial charge in [-0.15, -0.1) is 0 Å². The van der Waals surface area contributed by atoms with Crippen molar-refractivity contribution >= 4 is 5.91 Å². The Kier molecular flexibility index (Phi) is 4.37. The third-order valence-electron chi connectivity index (χ3n) is 3.71. The highest BCUT2D eigenvalue weighted by molar-refractivity contribution is 5.94. The Bertz CT molecular complexity index is 399. The number of nitrogens with zero attached hydrogens (tertiary/aromatic N) is 1. The molecule has 98 valence electrons. The molecule has 0 bridgehead atoms. The van der Waals surface area contributed by atoms with Crippen molar-refractivity contribution in [3.05, 3.63) is 35.4 Å². The lowest BCUT2D eigenvalue weighted by Crippen LogP contribution is -2.44. The molecule has 1 atom stereocenters. The fourth-order valence-electron chi connectivity index (χ4n) is 2.55. The van der Waals surface area contributed by atoms with Crippen molar-refractivity contribution in [1.82, 2.24) is 4.90 Å². The minimum Gasteiger partial charge on any atom is -0.334 e. The molecule has 0 saturated carbocycles. The molecule has 3 heteroatoms. The van der Waals surface area contributed by atoms with Crippen molar-refractivity contribution in [1.29, 1.82) is 0 Å². The van der Waals surface area contributed by atoms with E-state index in [1.807, 2.05) is 36.1 Å². The molecule has 1 unspecified atom stereocenters. The quantitative estimate of drug-likeness (QED) is 0.870. The summed E-state index contributed by atoms with van der Waals surface area (Å²) in [6.07, 6.45) is 4.51. The van der Waals surface area contributed by atoms with Crippen LogP contribution in [0.5, 0.6) is 0 Å². The van der Waals surface area contributed by atoms with Gasteiger partial charge in [-0.1, -0.05) is 30.5 Å². The van der Waals surface area contributed by atoms with Gasteiger partial charge in [-0.05, 0) is 31.9 Å². The van der Waals surface area contributed by atoms with E-state index in [1.54, 1.807) is 0 Å². The number of carbonyl (C=O) groups is 1. The Balaban J connectivity index is 2.17. The molecule has 1 aliphatic heterocycles. The number of carbonyl (C=O) groups excluding carboxylic acids is 1. The van der Waals surface area contributed by atoms with Crippen LogP contribution in [0.15, 0.2) is 24.3 Å². The molecule has 1 fully saturated rings. The van der Waals surface area contributed by atoms with Crippen LogP contribution < -0.4 is 5.73 Å². The van der Waals surface area contributed by atoms with Crippen molar-refractivity contribution < 1.29 is 4.79 Å². The van der Waals surface area contributed by atoms with Crippen molar-refractivity contribution in [2.45, 2.75) is 38.6 Å². The highest BCUT2D eigenvalue weighted by atomic mass is 16.2. The summed E-state index contributed by atoms with van der Waals surface area (Å²) < 4.78 is 0. The lowest BCUT2D eigenvalue weighted by Gasteiger charge is -2.29. The molecule has 1 amide bonds. The van der Waals surface area contributed by atoms with Crippen molar-refractivity contribution in [3.8, 4) is 0 Å². The molecule has 2 rings (SSSR count). The Morgan fingerprint density at radius 1 is 1.28 bits per heavy atom. The topological polar surface area (TPSA) is 46.3 Å². The second-order valence-electron chi connectivity index (χ2n) is 5.10. The second kappa shape index (κ2) is 6.01. The zero-order chi connectivity index (χ0) is 13.0. The SMILES string of the molecule is Cc1ccc(C(=O)N2CCCCCC2CN)cc1. The summed E-state index contributed by atoms with van der Waals surface area (Å²) in [4.78, 5) is 14.5. The summed E-state index contributed by atoms with van der Waals surface area (Å²) in [5.74, 6) is 0.132. The van der Waals surface area contributed by atoms with E-state index in [0.717, 1.165) is 24.9 Å². The first kappa shape index (κ1) is 13.1. The van der Waals surface area contributed by atoms with Crippen molar-refractivity contribution in [3.63, 3.8) is 0 Å². The molecule has 0 aliphatic carbocycles. The van der Waals surface area contributed by atoms with Crippen LogP contribution in [0.25, 0.3) is 0 Å². The Morgan fingerprint density at radius 3 is 2.67 bits per heavy atom. The van der Waals surface area contributed by atoms with E-state index in [0.29, 0.717) is 6.54 Å². The van der Waals surface area contributed by atoms with Gasteiger partial charge in [0.1, 0.15) is 0 Å². The number of rotatable bonds is 2. The molecule has 1 aromatic rings. The van der Waals surface area contributed by atoms with Gasteiger partial charge in [0.2, 0.25) is 0 Å². The van der Waals surface area contributed by atoms with Crippen LogP contribution in [0.4, 0.5) is 0 Å². The van der Waals surface area contributed by atoms with Gasteiger partial charge >= 0.3 is 0 Å². The maximum Gasteiger partial charge on any atom is 0.254 e. The van der Waals surface area contributed by atoms with Gasteiger partial charge in [0, 0.05) is 24.7 Å². The van der Waals surface area contributed by atoms with Crippen LogP contribution >= 0.6 is 0 Å². The lowest BCUT2D eigenvalue weighted by atomic mass is 10.1. The number of hydrogen-bond acceptors (Lipinski definition) is 2. The minimum absolute atomic E-state index is 0.132. The Labute approximate surface area is 109 Å². The number of benzene rings is 1. The molecular weight excluding hydrogens is 224 g/mol. The maximum absolute atomic E-state index is 12.5. The predicted molar refractivity (Wildman–Crippen MR) is 73.5 cm³/mol. The van der Waals surface area contributed by atoms with Crippen LogP contribution in [-0.2, 0) is 0 Å². The molecule has 1 saturated heterocycles. The van der Waals surface area contributed by atoms with Gasteiger partial charge in [-0.2, -0.15) is 0 Å². The van der Waals surface area contributed by atoms with Gasteiger partial charge in [-0.3, -0.25) is 4.79 Å². The van der Waals surface area contributed by atoms with Crippen LogP contribution in [-0.4, -0.2) is 29.9 Å². The first-order valence-electron chi connectivity index (χ1n) is 6.80. The zero-order valence-electron chi connectivity index (χ0n) is 11.1. The summed E-state index contributed by atoms with van der Waals surface area (Å²) in [6.45, 7) is 3.44. The van der Waals surface area contributed by atoms with E-state index in [-0.39, 0.29) is 11.9 Å². The molecule has 0 radical (unpaired) electrons. The number of aryl methyl sites for hydroxylation is 1. The van der Waals surface area contributed by atoms with Crippen LogP contribution in [0.2, 0.25) is 0 Å². The standard InChI is InChI=1S/C15H22N2O/c1-12-6-8-13(9-7-12)15(18)17-10-4-2-3-5-14(17)11-16/h6-9,14H,2-5,10-11,16H2,1H3. The summed E-state index contributed by atoms with van der Waals surface area (Å²) in [5.41, 5.74) is 7.77. The highest BCUT2D eigenvalue weighted by Crippen LogP contribution is 2.19. The van der Waals surface area contributed by atoms with E-state index in [2.05, 4.69) is 0 Å². The van der Waals surface area contributed by atoms with Gasteiger partial charge in [-0.25, -0.2) is 0 Å². The average Bonchev–Trinajstić information content (AvgIpc) is 2.63. The fourth-order valence-corrected chi connectivity index (χ4v) is 2.55. The smallest absolute Gasteiger partial charge is 0.254 e. The molecule has 1 heterocycles. The predicted octanol–water partition coefficient (Wildman–Crippen LogP) is 2.34. The molecule has 3 nitrogen and oxygen atoms in total. The summed E-state index contributed by atoms with van der Waals surface area (Å²) in [7, 11) is 0. The summed E-state index contributed by atoms with van der Waals surface area (Å²) >= 11 is 0. The van der Waals surface area contributed by atoms with Crippen LogP contribution in [0, 0.1) is 6.92 Å². The third-order valence-corrected chi connectivity index (χ3v) is 3.71. The Hall–Kier alpha value is -1.35. The second-order valence-corrected chi connectivity index (χ2v) is 5.10. The lowest BCUT2D eigenvalue weighted by molar-refractivity contribution is 0.0689. The molecule has 1 aromatic carbocycles. The fraction of sp³-hybridized carbons (Fsp3) is 0.533. The van der Waals surface area contributed by atoms with Crippen LogP contribution in [0.1, 0.15) is 41.6 Å². The normalized spacial score (nSPS) is 20.6.